The van der Waals surface area contributed by atoms with Gasteiger partial charge in [0.15, 0.2) is 4.77 Å². The van der Waals surface area contributed by atoms with Crippen molar-refractivity contribution in [1.82, 2.24) is 15.2 Å². The molecular weight excluding hydrogens is 312 g/mol. The predicted octanol–water partition coefficient (Wildman–Crippen LogP) is 2.91. The average Bonchev–Trinajstić information content (AvgIpc) is 2.54. The van der Waals surface area contributed by atoms with Gasteiger partial charge in [0.1, 0.15) is 5.69 Å². The zero-order valence-electron chi connectivity index (χ0n) is 13.2. The summed E-state index contributed by atoms with van der Waals surface area (Å²) in [6.07, 6.45) is 1.50. The van der Waals surface area contributed by atoms with Gasteiger partial charge in [-0.3, -0.25) is 19.7 Å². The molecule has 1 heterocycles. The lowest BCUT2D eigenvalue weighted by Gasteiger charge is -2.10. The van der Waals surface area contributed by atoms with Crippen LogP contribution >= 0.6 is 12.2 Å². The number of H-pyrrole nitrogens is 2. The van der Waals surface area contributed by atoms with E-state index in [1.165, 1.54) is 5.56 Å². The number of carbonyl (C=O) groups excluding carboxylic acids is 1. The zero-order chi connectivity index (χ0) is 16.8. The molecule has 7 heteroatoms. The number of aromatic nitrogens is 3. The van der Waals surface area contributed by atoms with Crippen LogP contribution in [-0.2, 0) is 11.2 Å². The fraction of sp³-hybridized carbons (Fsp3) is 0.375. The van der Waals surface area contributed by atoms with Crippen LogP contribution in [0, 0.1) is 4.77 Å². The quantitative estimate of drug-likeness (QED) is 0.709. The van der Waals surface area contributed by atoms with Crippen molar-refractivity contribution in [2.45, 2.75) is 39.0 Å². The van der Waals surface area contributed by atoms with E-state index >= 15 is 0 Å². The van der Waals surface area contributed by atoms with Crippen molar-refractivity contribution in [2.75, 3.05) is 5.32 Å². The van der Waals surface area contributed by atoms with E-state index in [-0.39, 0.29) is 34.8 Å². The van der Waals surface area contributed by atoms with Gasteiger partial charge in [-0.15, -0.1) is 0 Å². The number of aryl methyl sites for hydroxylation is 1. The molecule has 6 nitrogen and oxygen atoms in total. The maximum atomic E-state index is 12.0. The lowest BCUT2D eigenvalue weighted by atomic mass is 9.99. The summed E-state index contributed by atoms with van der Waals surface area (Å²) in [6, 6.07) is 7.83. The molecule has 1 aromatic carbocycles. The van der Waals surface area contributed by atoms with Gasteiger partial charge in [0, 0.05) is 18.5 Å². The molecule has 0 aliphatic rings. The summed E-state index contributed by atoms with van der Waals surface area (Å²) in [7, 11) is 0. The molecular formula is C16H20N4O2S. The highest BCUT2D eigenvalue weighted by Gasteiger charge is 2.08. The minimum atomic E-state index is -0.362. The first-order valence-corrected chi connectivity index (χ1v) is 7.98. The maximum Gasteiger partial charge on any atom is 0.273 e. The van der Waals surface area contributed by atoms with Crippen LogP contribution in [0.3, 0.4) is 0 Å². The topological polar surface area (TPSA) is 90.6 Å². The van der Waals surface area contributed by atoms with Gasteiger partial charge in [-0.1, -0.05) is 26.0 Å². The molecule has 0 saturated heterocycles. The molecule has 0 spiro atoms. The van der Waals surface area contributed by atoms with E-state index in [2.05, 4.69) is 34.3 Å². The van der Waals surface area contributed by atoms with E-state index in [4.69, 9.17) is 12.2 Å². The largest absolute Gasteiger partial charge is 0.326 e. The van der Waals surface area contributed by atoms with Gasteiger partial charge in [0.2, 0.25) is 5.91 Å². The molecule has 0 aliphatic heterocycles. The van der Waals surface area contributed by atoms with Crippen LogP contribution in [0.4, 0.5) is 5.69 Å². The van der Waals surface area contributed by atoms with Gasteiger partial charge in [-0.2, -0.15) is 5.10 Å². The number of nitrogens with zero attached hydrogens (tertiary/aromatic N) is 1. The van der Waals surface area contributed by atoms with Crippen molar-refractivity contribution >= 4 is 23.8 Å². The second-order valence-corrected chi connectivity index (χ2v) is 5.84. The maximum absolute atomic E-state index is 12.0. The van der Waals surface area contributed by atoms with Crippen LogP contribution in [0.2, 0.25) is 0 Å². The van der Waals surface area contributed by atoms with Crippen LogP contribution in [0.15, 0.2) is 29.1 Å². The lowest BCUT2D eigenvalue weighted by Crippen LogP contribution is -2.19. The zero-order valence-corrected chi connectivity index (χ0v) is 14.0. The molecule has 1 unspecified atom stereocenters. The molecule has 2 aromatic rings. The smallest absolute Gasteiger partial charge is 0.273 e. The van der Waals surface area contributed by atoms with Crippen molar-refractivity contribution in [1.29, 1.82) is 0 Å². The summed E-state index contributed by atoms with van der Waals surface area (Å²) in [5.74, 6) is 0.339. The molecule has 0 radical (unpaired) electrons. The first-order chi connectivity index (χ1) is 11.0. The van der Waals surface area contributed by atoms with Gasteiger partial charge in [0.25, 0.3) is 5.56 Å². The predicted molar refractivity (Wildman–Crippen MR) is 92.1 cm³/mol. The lowest BCUT2D eigenvalue weighted by molar-refractivity contribution is -0.116. The number of amides is 1. The molecule has 1 amide bonds. The Morgan fingerprint density at radius 3 is 2.65 bits per heavy atom. The van der Waals surface area contributed by atoms with Crippen molar-refractivity contribution in [3.8, 4) is 0 Å². The number of carbonyl (C=O) groups is 1. The number of aromatic amines is 2. The summed E-state index contributed by atoms with van der Waals surface area (Å²) in [4.78, 5) is 26.0. The Bertz CT molecular complexity index is 780. The normalized spacial score (nSPS) is 11.9. The number of hydrogen-bond acceptors (Lipinski definition) is 4. The summed E-state index contributed by atoms with van der Waals surface area (Å²) in [5, 5.41) is 9.18. The molecule has 0 saturated carbocycles. The summed E-state index contributed by atoms with van der Waals surface area (Å²) in [6.45, 7) is 4.31. The highest BCUT2D eigenvalue weighted by Crippen LogP contribution is 2.20. The Morgan fingerprint density at radius 1 is 1.35 bits per heavy atom. The van der Waals surface area contributed by atoms with Crippen LogP contribution in [0.5, 0.6) is 0 Å². The number of anilines is 1. The Morgan fingerprint density at radius 2 is 2.04 bits per heavy atom. The second kappa shape index (κ2) is 7.82. The monoisotopic (exact) mass is 332 g/mol. The molecule has 0 bridgehead atoms. The molecule has 0 aliphatic carbocycles. The molecule has 1 atom stereocenters. The van der Waals surface area contributed by atoms with Gasteiger partial charge < -0.3 is 5.32 Å². The third-order valence-electron chi connectivity index (χ3n) is 3.75. The molecule has 3 N–H and O–H groups in total. The van der Waals surface area contributed by atoms with Crippen LogP contribution in [-0.4, -0.2) is 21.1 Å². The minimum absolute atomic E-state index is 0.162. The van der Waals surface area contributed by atoms with E-state index in [1.807, 2.05) is 24.3 Å². The van der Waals surface area contributed by atoms with Crippen molar-refractivity contribution < 1.29 is 4.79 Å². The number of rotatable bonds is 6. The second-order valence-electron chi connectivity index (χ2n) is 5.43. The first kappa shape index (κ1) is 17.1. The number of nitrogens with one attached hydrogen (secondary N) is 3. The summed E-state index contributed by atoms with van der Waals surface area (Å²) < 4.78 is 0.171. The third kappa shape index (κ3) is 4.85. The Labute approximate surface area is 139 Å². The minimum Gasteiger partial charge on any atom is -0.326 e. The molecule has 23 heavy (non-hydrogen) atoms. The highest BCUT2D eigenvalue weighted by molar-refractivity contribution is 7.71. The van der Waals surface area contributed by atoms with Gasteiger partial charge in [-0.25, -0.2) is 0 Å². The molecule has 0 fully saturated rings. The van der Waals surface area contributed by atoms with E-state index in [0.29, 0.717) is 5.92 Å². The van der Waals surface area contributed by atoms with Crippen LogP contribution in [0.25, 0.3) is 0 Å². The third-order valence-corrected chi connectivity index (χ3v) is 3.94. The van der Waals surface area contributed by atoms with E-state index in [0.717, 1.165) is 12.1 Å². The summed E-state index contributed by atoms with van der Waals surface area (Å²) in [5.41, 5.74) is 1.90. The Kier molecular flexibility index (Phi) is 5.81. The van der Waals surface area contributed by atoms with Crippen molar-refractivity contribution in [2.24, 2.45) is 0 Å². The highest BCUT2D eigenvalue weighted by atomic mass is 32.1. The average molecular weight is 332 g/mol. The van der Waals surface area contributed by atoms with Gasteiger partial charge in [-0.05, 0) is 42.3 Å². The standard InChI is InChI=1S/C16H20N4O2S/c1-3-10(2)11-4-6-12(7-5-11)17-14(21)9-8-13-15(22)18-16(23)20-19-13/h4-7,10H,3,8-9H2,1-2H3,(H,17,21)(H2,18,20,22,23). The summed E-state index contributed by atoms with van der Waals surface area (Å²) >= 11 is 4.77. The fourth-order valence-corrected chi connectivity index (χ4v) is 2.27. The van der Waals surface area contributed by atoms with Gasteiger partial charge in [0.05, 0.1) is 0 Å². The van der Waals surface area contributed by atoms with Gasteiger partial charge >= 0.3 is 0 Å². The molecule has 1 aromatic heterocycles. The molecule has 2 rings (SSSR count). The number of benzene rings is 1. The number of hydrogen-bond donors (Lipinski definition) is 3. The molecule has 122 valence electrons. The first-order valence-electron chi connectivity index (χ1n) is 7.57. The Hall–Kier alpha value is -2.28. The van der Waals surface area contributed by atoms with Crippen LogP contribution in [0.1, 0.15) is 43.9 Å². The SMILES string of the molecule is CCC(C)c1ccc(NC(=O)CCc2n[nH]c(=S)[nH]c2=O)cc1. The fourth-order valence-electron chi connectivity index (χ4n) is 2.13. The van der Waals surface area contributed by atoms with E-state index < -0.39 is 0 Å². The van der Waals surface area contributed by atoms with Crippen LogP contribution < -0.4 is 10.9 Å². The van der Waals surface area contributed by atoms with Crippen molar-refractivity contribution in [3.63, 3.8) is 0 Å². The van der Waals surface area contributed by atoms with E-state index in [9.17, 15) is 9.59 Å². The van der Waals surface area contributed by atoms with Crippen molar-refractivity contribution in [3.05, 3.63) is 50.6 Å². The van der Waals surface area contributed by atoms with E-state index in [1.54, 1.807) is 0 Å². The Balaban J connectivity index is 1.92.